The lowest BCUT2D eigenvalue weighted by Crippen LogP contribution is -2.65. The second-order valence-electron chi connectivity index (χ2n) is 16.2. The van der Waals surface area contributed by atoms with Gasteiger partial charge in [0, 0.05) is 70.9 Å². The summed E-state index contributed by atoms with van der Waals surface area (Å²) in [5.41, 5.74) is 0. The first-order valence-electron chi connectivity index (χ1n) is 21.0. The van der Waals surface area contributed by atoms with Crippen LogP contribution < -0.4 is 26.6 Å². The molecule has 0 spiro atoms. The fraction of sp³-hybridized carbons (Fsp3) is 0.737. The second kappa shape index (κ2) is 23.7. The number of hydrogen-bond donors (Lipinski definition) is 9. The Bertz CT molecular complexity index is 1650. The van der Waals surface area contributed by atoms with E-state index in [1.54, 1.807) is 19.6 Å². The summed E-state index contributed by atoms with van der Waals surface area (Å²) in [6.45, 7) is 1.38. The Morgan fingerprint density at radius 1 is 0.645 bits per heavy atom. The average molecular weight is 881 g/mol. The van der Waals surface area contributed by atoms with Crippen molar-refractivity contribution in [2.24, 2.45) is 5.92 Å². The Morgan fingerprint density at radius 2 is 1.18 bits per heavy atom. The smallest absolute Gasteiger partial charge is 0.317 e. The summed E-state index contributed by atoms with van der Waals surface area (Å²) in [5, 5.41) is 51.0. The molecule has 4 aliphatic heterocycles. The van der Waals surface area contributed by atoms with Crippen molar-refractivity contribution >= 4 is 59.3 Å². The second-order valence-corrected chi connectivity index (χ2v) is 16.2. The molecule has 0 aromatic heterocycles. The minimum absolute atomic E-state index is 0.145. The fourth-order valence-electron chi connectivity index (χ4n) is 8.34. The van der Waals surface area contributed by atoms with Crippen LogP contribution in [-0.4, -0.2) is 226 Å². The van der Waals surface area contributed by atoms with Crippen molar-refractivity contribution in [3.63, 3.8) is 0 Å². The number of carboxylic acids is 4. The molecule has 62 heavy (non-hydrogen) atoms. The molecule has 0 aromatic rings. The van der Waals surface area contributed by atoms with Crippen molar-refractivity contribution in [3.05, 3.63) is 0 Å². The molecule has 24 heteroatoms. The Morgan fingerprint density at radius 3 is 1.68 bits per heavy atom. The Hall–Kier alpha value is -5.46. The van der Waals surface area contributed by atoms with E-state index in [1.807, 2.05) is 6.92 Å². The summed E-state index contributed by atoms with van der Waals surface area (Å²) in [7, 11) is 0. The lowest BCUT2D eigenvalue weighted by Gasteiger charge is -2.42. The van der Waals surface area contributed by atoms with E-state index >= 15 is 0 Å². The highest BCUT2D eigenvalue weighted by Crippen LogP contribution is 2.35. The molecular weight excluding hydrogens is 820 g/mol. The van der Waals surface area contributed by atoms with Crippen LogP contribution in [0.1, 0.15) is 51.9 Å². The predicted octanol–water partition coefficient (Wildman–Crippen LogP) is -4.79. The first-order valence-corrected chi connectivity index (χ1v) is 21.0. The third-order valence-corrected chi connectivity index (χ3v) is 11.5. The van der Waals surface area contributed by atoms with E-state index in [0.29, 0.717) is 19.3 Å². The molecule has 0 radical (unpaired) electrons. The van der Waals surface area contributed by atoms with E-state index in [4.69, 9.17) is 0 Å². The minimum atomic E-state index is -1.65. The van der Waals surface area contributed by atoms with E-state index < -0.39 is 108 Å². The monoisotopic (exact) mass is 880 g/mol. The van der Waals surface area contributed by atoms with Gasteiger partial charge in [-0.25, -0.2) is 0 Å². The van der Waals surface area contributed by atoms with Gasteiger partial charge in [0.1, 0.15) is 24.2 Å². The molecule has 0 saturated carbocycles. The summed E-state index contributed by atoms with van der Waals surface area (Å²) in [6.07, 6.45) is 1.52. The topological polar surface area (TPSA) is 328 Å². The van der Waals surface area contributed by atoms with Crippen molar-refractivity contribution in [1.82, 2.24) is 51.1 Å². The van der Waals surface area contributed by atoms with Gasteiger partial charge >= 0.3 is 23.9 Å². The number of carbonyl (C=O) groups is 10. The number of fused-ring (bicyclic) bond motifs is 1. The van der Waals surface area contributed by atoms with Crippen LogP contribution in [0.2, 0.25) is 0 Å². The van der Waals surface area contributed by atoms with Crippen LogP contribution in [-0.2, 0) is 47.9 Å². The van der Waals surface area contributed by atoms with Gasteiger partial charge in [0.15, 0.2) is 0 Å². The molecular formula is C38H60N10O14. The van der Waals surface area contributed by atoms with Gasteiger partial charge in [-0.15, -0.1) is 0 Å². The predicted molar refractivity (Wildman–Crippen MR) is 214 cm³/mol. The van der Waals surface area contributed by atoms with Crippen LogP contribution in [0.3, 0.4) is 0 Å². The van der Waals surface area contributed by atoms with Gasteiger partial charge in [-0.3, -0.25) is 67.5 Å². The van der Waals surface area contributed by atoms with Gasteiger partial charge in [0.2, 0.25) is 35.4 Å². The highest BCUT2D eigenvalue weighted by Gasteiger charge is 2.51. The van der Waals surface area contributed by atoms with Crippen LogP contribution in [0.15, 0.2) is 0 Å². The van der Waals surface area contributed by atoms with Crippen LogP contribution in [0.25, 0.3) is 0 Å². The van der Waals surface area contributed by atoms with Gasteiger partial charge < -0.3 is 51.9 Å². The molecule has 4 aliphatic rings. The molecule has 4 fully saturated rings. The van der Waals surface area contributed by atoms with Crippen molar-refractivity contribution in [2.75, 3.05) is 91.6 Å². The van der Waals surface area contributed by atoms with Crippen molar-refractivity contribution in [1.29, 1.82) is 0 Å². The Kier molecular flexibility index (Phi) is 18.8. The van der Waals surface area contributed by atoms with E-state index in [2.05, 4.69) is 26.6 Å². The summed E-state index contributed by atoms with van der Waals surface area (Å²) in [6, 6.07) is -5.52. The molecule has 4 heterocycles. The van der Waals surface area contributed by atoms with Gasteiger partial charge in [0.05, 0.1) is 39.1 Å². The first-order chi connectivity index (χ1) is 29.4. The lowest BCUT2D eigenvalue weighted by atomic mass is 9.85. The standard InChI is InChI=1S/C38H60N10O14/c1-2-3-4-25-35(59)40-18-28(49)41-26(16-30(51)52)36(60)43-34-23(15-24-5-6-27(37(61)42-25)48(24)38(34)62)17-39-29(50)19-44-7-9-45(20-31(53)54)11-13-47(22-33(57)58)14-12-46(10-8-44)21-32(55)56/h23-27,34H,2-22H2,1H3,(H,39,50)(H,40,59)(H,41,49)(H,42,61)(H,43,60)(H,51,52)(H,53,54)(H,55,56)(H,57,58)/t23-,24-,25-,26-,27?,34+/m0/s1. The van der Waals surface area contributed by atoms with Crippen LogP contribution in [0.4, 0.5) is 0 Å². The highest BCUT2D eigenvalue weighted by atomic mass is 16.4. The number of nitrogens with zero attached hydrogens (tertiary/aromatic N) is 5. The average Bonchev–Trinajstić information content (AvgIpc) is 3.63. The molecule has 4 rings (SSSR count). The van der Waals surface area contributed by atoms with E-state index in [-0.39, 0.29) is 104 Å². The fourth-order valence-corrected chi connectivity index (χ4v) is 8.34. The maximum atomic E-state index is 14.4. The Labute approximate surface area is 358 Å². The third kappa shape index (κ3) is 15.2. The quantitative estimate of drug-likeness (QED) is 0.0745. The zero-order valence-corrected chi connectivity index (χ0v) is 34.9. The molecule has 6 atom stereocenters. The van der Waals surface area contributed by atoms with Crippen molar-refractivity contribution < 1.29 is 68.4 Å². The molecule has 24 nitrogen and oxygen atoms in total. The van der Waals surface area contributed by atoms with E-state index in [1.165, 1.54) is 4.90 Å². The van der Waals surface area contributed by atoms with Crippen LogP contribution in [0.5, 0.6) is 0 Å². The van der Waals surface area contributed by atoms with Gasteiger partial charge in [0.25, 0.3) is 0 Å². The molecule has 346 valence electrons. The molecule has 2 bridgehead atoms. The lowest BCUT2D eigenvalue weighted by molar-refractivity contribution is -0.149. The van der Waals surface area contributed by atoms with Crippen LogP contribution in [0, 0.1) is 5.92 Å². The van der Waals surface area contributed by atoms with E-state index in [9.17, 15) is 68.4 Å². The molecule has 9 N–H and O–H groups in total. The molecule has 6 amide bonds. The van der Waals surface area contributed by atoms with Gasteiger partial charge in [-0.05, 0) is 25.7 Å². The SMILES string of the molecule is CCCC[C@@H]1NC(=O)C2CC[C@H]3C[C@@H](CNC(=O)CN4CCN(CC(=O)O)CCN(CC(=O)O)CCN(CC(=O)O)CC4)[C@@H](NC(=O)[C@H](CC(=O)O)NC(=O)CNC1=O)C(=O)N23. The molecule has 0 aliphatic carbocycles. The number of nitrogens with one attached hydrogen (secondary N) is 5. The largest absolute Gasteiger partial charge is 0.481 e. The van der Waals surface area contributed by atoms with Gasteiger partial charge in [-0.2, -0.15) is 0 Å². The number of carboxylic acid groups (broad SMARTS) is 4. The number of unbranched alkanes of at least 4 members (excludes halogenated alkanes) is 1. The number of rotatable bonds is 15. The molecule has 4 saturated heterocycles. The number of carbonyl (C=O) groups excluding carboxylic acids is 6. The molecule has 1 unspecified atom stereocenters. The molecule has 0 aromatic carbocycles. The van der Waals surface area contributed by atoms with Crippen LogP contribution >= 0.6 is 0 Å². The number of piperidine rings is 1. The number of aliphatic carboxylic acids is 4. The zero-order valence-electron chi connectivity index (χ0n) is 34.9. The normalized spacial score (nSPS) is 26.9. The summed E-state index contributed by atoms with van der Waals surface area (Å²) >= 11 is 0. The zero-order chi connectivity index (χ0) is 45.5. The Balaban J connectivity index is 1.54. The summed E-state index contributed by atoms with van der Waals surface area (Å²) in [5.74, 6) is -9.76. The van der Waals surface area contributed by atoms with Crippen molar-refractivity contribution in [3.8, 4) is 0 Å². The highest BCUT2D eigenvalue weighted by molar-refractivity contribution is 5.98. The third-order valence-electron chi connectivity index (χ3n) is 11.5. The van der Waals surface area contributed by atoms with Gasteiger partial charge in [-0.1, -0.05) is 19.8 Å². The maximum Gasteiger partial charge on any atom is 0.317 e. The number of hydrogen-bond acceptors (Lipinski definition) is 14. The summed E-state index contributed by atoms with van der Waals surface area (Å²) < 4.78 is 0. The van der Waals surface area contributed by atoms with E-state index in [0.717, 1.165) is 0 Å². The first kappa shape index (κ1) is 49.2. The number of amides is 6. The van der Waals surface area contributed by atoms with Crippen molar-refractivity contribution in [2.45, 2.75) is 82.1 Å². The maximum absolute atomic E-state index is 14.4. The summed E-state index contributed by atoms with van der Waals surface area (Å²) in [4.78, 5) is 136. The minimum Gasteiger partial charge on any atom is -0.481 e.